The molecule has 1 aromatic carbocycles. The summed E-state index contributed by atoms with van der Waals surface area (Å²) in [5.41, 5.74) is 2.98. The average molecular weight is 376 g/mol. The molecule has 0 bridgehead atoms. The number of imidazole rings is 1. The van der Waals surface area contributed by atoms with Crippen LogP contribution in [-0.2, 0) is 11.3 Å². The standard InChI is InChI=1S/C18H18ClN3O2S/c1-2-6-24-15-4-3-11(8-13(15)19)12-9-16(23)20-10-14-17(12)22-5-7-25-18(22)21-14/h3-5,7-8,12H,2,6,9-10H2,1H3,(H,20,23)/t12-/m1/s1. The molecule has 1 atom stereocenters. The lowest BCUT2D eigenvalue weighted by Crippen LogP contribution is -2.21. The third-order valence-corrected chi connectivity index (χ3v) is 5.42. The van der Waals surface area contributed by atoms with E-state index in [9.17, 15) is 4.79 Å². The Morgan fingerprint density at radius 2 is 2.36 bits per heavy atom. The third kappa shape index (κ3) is 3.00. The highest BCUT2D eigenvalue weighted by atomic mass is 35.5. The van der Waals surface area contributed by atoms with Gasteiger partial charge in [0.15, 0.2) is 4.96 Å². The fraction of sp³-hybridized carbons (Fsp3) is 0.333. The van der Waals surface area contributed by atoms with E-state index in [0.717, 1.165) is 28.3 Å². The number of benzene rings is 1. The first-order chi connectivity index (χ1) is 12.2. The molecule has 0 radical (unpaired) electrons. The molecular weight excluding hydrogens is 358 g/mol. The van der Waals surface area contributed by atoms with Gasteiger partial charge in [-0.05, 0) is 24.1 Å². The van der Waals surface area contributed by atoms with Crippen molar-refractivity contribution in [3.63, 3.8) is 0 Å². The second kappa shape index (κ2) is 6.69. The van der Waals surface area contributed by atoms with Crippen molar-refractivity contribution in [2.45, 2.75) is 32.2 Å². The van der Waals surface area contributed by atoms with Crippen molar-refractivity contribution in [1.29, 1.82) is 0 Å². The van der Waals surface area contributed by atoms with E-state index >= 15 is 0 Å². The van der Waals surface area contributed by atoms with Gasteiger partial charge < -0.3 is 10.1 Å². The number of aromatic nitrogens is 2. The van der Waals surface area contributed by atoms with Crippen LogP contribution < -0.4 is 10.1 Å². The molecule has 7 heteroatoms. The van der Waals surface area contributed by atoms with E-state index < -0.39 is 0 Å². The van der Waals surface area contributed by atoms with Crippen LogP contribution in [-0.4, -0.2) is 21.9 Å². The maximum absolute atomic E-state index is 12.2. The Morgan fingerprint density at radius 1 is 1.48 bits per heavy atom. The zero-order valence-corrected chi connectivity index (χ0v) is 15.4. The zero-order valence-electron chi connectivity index (χ0n) is 13.8. The topological polar surface area (TPSA) is 55.6 Å². The Labute approximate surface area is 154 Å². The lowest BCUT2D eigenvalue weighted by molar-refractivity contribution is -0.121. The molecule has 0 saturated carbocycles. The van der Waals surface area contributed by atoms with E-state index in [1.807, 2.05) is 29.8 Å². The van der Waals surface area contributed by atoms with E-state index in [2.05, 4.69) is 21.6 Å². The minimum atomic E-state index is -0.0835. The average Bonchev–Trinajstić information content (AvgIpc) is 3.13. The summed E-state index contributed by atoms with van der Waals surface area (Å²) in [5.74, 6) is 0.619. The summed E-state index contributed by atoms with van der Waals surface area (Å²) in [6, 6.07) is 5.79. The van der Waals surface area contributed by atoms with Gasteiger partial charge in [-0.2, -0.15) is 0 Å². The van der Waals surface area contributed by atoms with Crippen LogP contribution in [0.5, 0.6) is 5.75 Å². The molecular formula is C18H18ClN3O2S. The van der Waals surface area contributed by atoms with E-state index in [1.165, 1.54) is 0 Å². The van der Waals surface area contributed by atoms with E-state index in [1.54, 1.807) is 11.3 Å². The summed E-state index contributed by atoms with van der Waals surface area (Å²) in [5, 5.41) is 5.52. The van der Waals surface area contributed by atoms with Gasteiger partial charge >= 0.3 is 0 Å². The number of halogens is 1. The monoisotopic (exact) mass is 375 g/mol. The minimum absolute atomic E-state index is 0.0226. The Bertz CT molecular complexity index is 934. The smallest absolute Gasteiger partial charge is 0.221 e. The second-order valence-corrected chi connectivity index (χ2v) is 7.35. The Hall–Kier alpha value is -2.05. The molecule has 0 fully saturated rings. The Kier molecular flexibility index (Phi) is 4.39. The number of thiazole rings is 1. The summed E-state index contributed by atoms with van der Waals surface area (Å²) in [6.07, 6.45) is 3.31. The van der Waals surface area contributed by atoms with Crippen LogP contribution in [0, 0.1) is 0 Å². The second-order valence-electron chi connectivity index (χ2n) is 6.07. The normalized spacial score (nSPS) is 17.2. The number of hydrogen-bond acceptors (Lipinski definition) is 4. The third-order valence-electron chi connectivity index (χ3n) is 4.37. The van der Waals surface area contributed by atoms with Crippen molar-refractivity contribution < 1.29 is 9.53 Å². The van der Waals surface area contributed by atoms with Gasteiger partial charge in [-0.1, -0.05) is 24.6 Å². The van der Waals surface area contributed by atoms with E-state index in [-0.39, 0.29) is 11.8 Å². The summed E-state index contributed by atoms with van der Waals surface area (Å²) in [6.45, 7) is 3.15. The molecule has 25 heavy (non-hydrogen) atoms. The number of carbonyl (C=O) groups excluding carboxylic acids is 1. The van der Waals surface area contributed by atoms with Crippen molar-refractivity contribution in [3.8, 4) is 5.75 Å². The molecule has 2 aromatic heterocycles. The Balaban J connectivity index is 1.78. The van der Waals surface area contributed by atoms with Gasteiger partial charge in [-0.15, -0.1) is 11.3 Å². The number of nitrogens with zero attached hydrogens (tertiary/aromatic N) is 2. The first kappa shape index (κ1) is 16.4. The fourth-order valence-electron chi connectivity index (χ4n) is 3.22. The van der Waals surface area contributed by atoms with Gasteiger partial charge in [0.2, 0.25) is 5.91 Å². The fourth-order valence-corrected chi connectivity index (χ4v) is 4.21. The first-order valence-corrected chi connectivity index (χ1v) is 9.56. The van der Waals surface area contributed by atoms with Crippen molar-refractivity contribution in [2.24, 2.45) is 0 Å². The van der Waals surface area contributed by atoms with E-state index in [0.29, 0.717) is 30.3 Å². The number of amides is 1. The molecule has 1 aliphatic heterocycles. The summed E-state index contributed by atoms with van der Waals surface area (Å²) in [4.78, 5) is 17.8. The molecule has 0 aliphatic carbocycles. The predicted molar refractivity (Wildman–Crippen MR) is 98.6 cm³/mol. The SMILES string of the molecule is CCCOc1ccc([C@H]2CC(=O)NCc3nc4sccn4c32)cc1Cl. The summed E-state index contributed by atoms with van der Waals surface area (Å²) >= 11 is 8.01. The van der Waals surface area contributed by atoms with Crippen LogP contribution in [0.3, 0.4) is 0 Å². The molecule has 0 saturated heterocycles. The number of hydrogen-bond donors (Lipinski definition) is 1. The predicted octanol–water partition coefficient (Wildman–Crippen LogP) is 3.99. The number of rotatable bonds is 4. The largest absolute Gasteiger partial charge is 0.492 e. The quantitative estimate of drug-likeness (QED) is 0.750. The van der Waals surface area contributed by atoms with Crippen LogP contribution in [0.2, 0.25) is 5.02 Å². The van der Waals surface area contributed by atoms with Crippen LogP contribution >= 0.6 is 22.9 Å². The van der Waals surface area contributed by atoms with Crippen LogP contribution in [0.15, 0.2) is 29.8 Å². The zero-order chi connectivity index (χ0) is 17.4. The molecule has 130 valence electrons. The van der Waals surface area contributed by atoms with Gasteiger partial charge in [0.1, 0.15) is 5.75 Å². The van der Waals surface area contributed by atoms with Crippen molar-refractivity contribution in [2.75, 3.05) is 6.61 Å². The van der Waals surface area contributed by atoms with Crippen LogP contribution in [0.4, 0.5) is 0 Å². The molecule has 0 spiro atoms. The molecule has 4 rings (SSSR count). The maximum atomic E-state index is 12.2. The van der Waals surface area contributed by atoms with Gasteiger partial charge in [0, 0.05) is 23.9 Å². The molecule has 1 amide bonds. The lowest BCUT2D eigenvalue weighted by Gasteiger charge is -2.17. The number of nitrogens with one attached hydrogen (secondary N) is 1. The maximum Gasteiger partial charge on any atom is 0.221 e. The Morgan fingerprint density at radius 3 is 3.16 bits per heavy atom. The number of fused-ring (bicyclic) bond motifs is 3. The minimum Gasteiger partial charge on any atom is -0.492 e. The van der Waals surface area contributed by atoms with Gasteiger partial charge in [0.25, 0.3) is 0 Å². The number of carbonyl (C=O) groups is 1. The van der Waals surface area contributed by atoms with Crippen LogP contribution in [0.1, 0.15) is 42.6 Å². The van der Waals surface area contributed by atoms with Crippen LogP contribution in [0.25, 0.3) is 4.96 Å². The molecule has 3 aromatic rings. The molecule has 3 heterocycles. The van der Waals surface area contributed by atoms with Crippen molar-refractivity contribution >= 4 is 33.8 Å². The molecule has 0 unspecified atom stereocenters. The first-order valence-electron chi connectivity index (χ1n) is 8.30. The number of ether oxygens (including phenoxy) is 1. The van der Waals surface area contributed by atoms with Gasteiger partial charge in [0.05, 0.1) is 29.6 Å². The lowest BCUT2D eigenvalue weighted by atomic mass is 9.91. The van der Waals surface area contributed by atoms with E-state index in [4.69, 9.17) is 16.3 Å². The molecule has 5 nitrogen and oxygen atoms in total. The molecule has 1 N–H and O–H groups in total. The summed E-state index contributed by atoms with van der Waals surface area (Å²) < 4.78 is 7.74. The van der Waals surface area contributed by atoms with Gasteiger partial charge in [-0.25, -0.2) is 4.98 Å². The highest BCUT2D eigenvalue weighted by Crippen LogP contribution is 2.37. The highest BCUT2D eigenvalue weighted by Gasteiger charge is 2.29. The molecule has 1 aliphatic rings. The van der Waals surface area contributed by atoms with Crippen molar-refractivity contribution in [3.05, 3.63) is 51.7 Å². The summed E-state index contributed by atoms with van der Waals surface area (Å²) in [7, 11) is 0. The van der Waals surface area contributed by atoms with Gasteiger partial charge in [-0.3, -0.25) is 9.20 Å². The van der Waals surface area contributed by atoms with Crippen molar-refractivity contribution in [1.82, 2.24) is 14.7 Å². The highest BCUT2D eigenvalue weighted by molar-refractivity contribution is 7.15.